The van der Waals surface area contributed by atoms with Gasteiger partial charge in [-0.3, -0.25) is 0 Å². The smallest absolute Gasteiger partial charge is 0.101 e. The zero-order valence-corrected chi connectivity index (χ0v) is 29.5. The van der Waals surface area contributed by atoms with Crippen LogP contribution in [0.2, 0.25) is 0 Å². The van der Waals surface area contributed by atoms with Crippen molar-refractivity contribution in [3.05, 3.63) is 187 Å². The van der Waals surface area contributed by atoms with E-state index >= 15 is 0 Å². The fourth-order valence-corrected chi connectivity index (χ4v) is 8.96. The molecule has 3 heterocycles. The summed E-state index contributed by atoms with van der Waals surface area (Å²) in [6, 6.07) is 65.9. The summed E-state index contributed by atoms with van der Waals surface area (Å²) in [5, 5.41) is 27.9. The summed E-state index contributed by atoms with van der Waals surface area (Å²) in [5.74, 6) is 0. The number of para-hydroxylation sites is 7. The zero-order chi connectivity index (χ0) is 36.6. The first kappa shape index (κ1) is 30.7. The second kappa shape index (κ2) is 11.8. The van der Waals surface area contributed by atoms with Crippen LogP contribution in [0, 0.1) is 22.7 Å². The van der Waals surface area contributed by atoms with Gasteiger partial charge in [0.15, 0.2) is 0 Å². The third kappa shape index (κ3) is 4.27. The molecule has 0 saturated carbocycles. The lowest BCUT2D eigenvalue weighted by Crippen LogP contribution is -2.04. The molecule has 3 aromatic heterocycles. The van der Waals surface area contributed by atoms with E-state index in [0.717, 1.165) is 82.8 Å². The topological polar surface area (TPSA) is 62.4 Å². The maximum atomic E-state index is 10.7. The normalized spacial score (nSPS) is 11.6. The number of hydrogen-bond acceptors (Lipinski definition) is 2. The molecule has 0 aliphatic carbocycles. The van der Waals surface area contributed by atoms with Gasteiger partial charge in [-0.15, -0.1) is 0 Å². The summed E-state index contributed by atoms with van der Waals surface area (Å²) in [6.45, 7) is 0. The minimum Gasteiger partial charge on any atom is -0.309 e. The van der Waals surface area contributed by atoms with Crippen molar-refractivity contribution >= 4 is 65.4 Å². The Morgan fingerprint density at radius 2 is 0.764 bits per heavy atom. The van der Waals surface area contributed by atoms with Crippen molar-refractivity contribution in [2.24, 2.45) is 0 Å². The number of benzene rings is 8. The van der Waals surface area contributed by atoms with Crippen LogP contribution in [0.3, 0.4) is 0 Å². The third-order valence-corrected chi connectivity index (χ3v) is 11.1. The molecular formula is C50H29N5. The van der Waals surface area contributed by atoms with Crippen LogP contribution >= 0.6 is 0 Å². The maximum Gasteiger partial charge on any atom is 0.101 e. The van der Waals surface area contributed by atoms with Gasteiger partial charge >= 0.3 is 0 Å². The van der Waals surface area contributed by atoms with Gasteiger partial charge in [-0.2, -0.15) is 10.5 Å². The predicted octanol–water partition coefficient (Wildman–Crippen LogP) is 12.4. The summed E-state index contributed by atoms with van der Waals surface area (Å²) in [7, 11) is 0. The molecule has 0 saturated heterocycles. The van der Waals surface area contributed by atoms with Gasteiger partial charge in [-0.1, -0.05) is 121 Å². The molecule has 0 fully saturated rings. The first-order valence-electron chi connectivity index (χ1n) is 18.3. The summed E-state index contributed by atoms with van der Waals surface area (Å²) in [4.78, 5) is 0. The molecule has 11 rings (SSSR count). The van der Waals surface area contributed by atoms with Crippen LogP contribution in [0.1, 0.15) is 11.1 Å². The first-order chi connectivity index (χ1) is 27.3. The fourth-order valence-electron chi connectivity index (χ4n) is 8.96. The van der Waals surface area contributed by atoms with Gasteiger partial charge in [0.05, 0.1) is 61.3 Å². The van der Waals surface area contributed by atoms with Gasteiger partial charge in [0.2, 0.25) is 0 Å². The Labute approximate surface area is 316 Å². The van der Waals surface area contributed by atoms with Crippen molar-refractivity contribution in [1.29, 1.82) is 10.5 Å². The van der Waals surface area contributed by atoms with Gasteiger partial charge < -0.3 is 13.7 Å². The van der Waals surface area contributed by atoms with E-state index in [0.29, 0.717) is 11.1 Å². The molecular weight excluding hydrogens is 671 g/mol. The molecule has 0 radical (unpaired) electrons. The molecule has 5 nitrogen and oxygen atoms in total. The molecule has 0 spiro atoms. The highest BCUT2D eigenvalue weighted by Crippen LogP contribution is 2.44. The standard InChI is InChI=1S/C50H29N5/c51-30-32-14-11-21-38(49(32)55-44-26-9-4-19-37(44)39-22-12-15-33(31-52)50(39)55)36-18-3-8-25-43(36)54-45-27-10-5-20-40(45)48-46(28-13-29-47(48)54)53-41-23-6-1-16-34(41)35-17-2-7-24-42(35)53/h1-29H. The van der Waals surface area contributed by atoms with Crippen LogP contribution in [-0.2, 0) is 0 Å². The molecule has 55 heavy (non-hydrogen) atoms. The third-order valence-electron chi connectivity index (χ3n) is 11.1. The van der Waals surface area contributed by atoms with Crippen molar-refractivity contribution in [2.45, 2.75) is 0 Å². The van der Waals surface area contributed by atoms with Crippen molar-refractivity contribution in [2.75, 3.05) is 0 Å². The van der Waals surface area contributed by atoms with E-state index in [1.807, 2.05) is 36.4 Å². The number of aromatic nitrogens is 3. The molecule has 0 aliphatic heterocycles. The second-order valence-electron chi connectivity index (χ2n) is 13.9. The molecule has 0 unspecified atom stereocenters. The number of nitriles is 2. The minimum absolute atomic E-state index is 0.526. The lowest BCUT2D eigenvalue weighted by molar-refractivity contribution is 1.15. The SMILES string of the molecule is N#Cc1cccc(-c2ccccc2-n2c3ccccc3c3c(-n4c5ccccc5c5ccccc54)cccc32)c1-n1c2ccccc2c2cccc(C#N)c21. The van der Waals surface area contributed by atoms with Crippen molar-refractivity contribution in [3.8, 4) is 40.3 Å². The van der Waals surface area contributed by atoms with Gasteiger partial charge in [-0.25, -0.2) is 0 Å². The first-order valence-corrected chi connectivity index (χ1v) is 18.3. The second-order valence-corrected chi connectivity index (χ2v) is 13.9. The highest BCUT2D eigenvalue weighted by atomic mass is 15.0. The molecule has 0 amide bonds. The van der Waals surface area contributed by atoms with Crippen molar-refractivity contribution < 1.29 is 0 Å². The number of fused-ring (bicyclic) bond motifs is 9. The molecule has 0 N–H and O–H groups in total. The largest absolute Gasteiger partial charge is 0.309 e. The van der Waals surface area contributed by atoms with Gasteiger partial charge in [0.25, 0.3) is 0 Å². The Kier molecular flexibility index (Phi) is 6.61. The lowest BCUT2D eigenvalue weighted by atomic mass is 9.97. The Hall–Kier alpha value is -7.86. The van der Waals surface area contributed by atoms with Crippen LogP contribution in [-0.4, -0.2) is 13.7 Å². The van der Waals surface area contributed by atoms with Crippen LogP contribution in [0.25, 0.3) is 93.6 Å². The summed E-state index contributed by atoms with van der Waals surface area (Å²) < 4.78 is 6.89. The Bertz CT molecular complexity index is 3420. The average Bonchev–Trinajstić information content (AvgIpc) is 3.89. The molecule has 8 aromatic carbocycles. The van der Waals surface area contributed by atoms with E-state index in [2.05, 4.69) is 165 Å². The van der Waals surface area contributed by atoms with E-state index in [4.69, 9.17) is 0 Å². The van der Waals surface area contributed by atoms with E-state index < -0.39 is 0 Å². The molecule has 0 atom stereocenters. The molecule has 11 aromatic rings. The Balaban J connectivity index is 1.25. The predicted molar refractivity (Wildman–Crippen MR) is 224 cm³/mol. The van der Waals surface area contributed by atoms with Crippen LogP contribution < -0.4 is 0 Å². The van der Waals surface area contributed by atoms with E-state index in [9.17, 15) is 10.5 Å². The maximum absolute atomic E-state index is 10.7. The zero-order valence-electron chi connectivity index (χ0n) is 29.5. The van der Waals surface area contributed by atoms with Crippen LogP contribution in [0.4, 0.5) is 0 Å². The van der Waals surface area contributed by atoms with Crippen molar-refractivity contribution in [3.63, 3.8) is 0 Å². The van der Waals surface area contributed by atoms with Crippen LogP contribution in [0.15, 0.2) is 176 Å². The molecule has 0 bridgehead atoms. The monoisotopic (exact) mass is 699 g/mol. The number of hydrogen-bond donors (Lipinski definition) is 0. The minimum atomic E-state index is 0.526. The molecule has 0 aliphatic rings. The summed E-state index contributed by atoms with van der Waals surface area (Å²) >= 11 is 0. The Morgan fingerprint density at radius 1 is 0.327 bits per heavy atom. The average molecular weight is 700 g/mol. The van der Waals surface area contributed by atoms with Gasteiger partial charge in [0, 0.05) is 43.4 Å². The summed E-state index contributed by atoms with van der Waals surface area (Å²) in [5.41, 5.74) is 12.0. The Morgan fingerprint density at radius 3 is 1.45 bits per heavy atom. The number of rotatable bonds is 4. The van der Waals surface area contributed by atoms with Crippen LogP contribution in [0.5, 0.6) is 0 Å². The highest BCUT2D eigenvalue weighted by molar-refractivity contribution is 6.17. The quantitative estimate of drug-likeness (QED) is 0.184. The van der Waals surface area contributed by atoms with E-state index in [-0.39, 0.29) is 0 Å². The van der Waals surface area contributed by atoms with Gasteiger partial charge in [-0.05, 0) is 54.6 Å². The van der Waals surface area contributed by atoms with E-state index in [1.54, 1.807) is 0 Å². The molecule has 5 heteroatoms. The van der Waals surface area contributed by atoms with Crippen molar-refractivity contribution in [1.82, 2.24) is 13.7 Å². The lowest BCUT2D eigenvalue weighted by Gasteiger charge is -2.19. The van der Waals surface area contributed by atoms with Gasteiger partial charge in [0.1, 0.15) is 12.1 Å². The fraction of sp³-hybridized carbons (Fsp3) is 0. The number of nitrogens with zero attached hydrogens (tertiary/aromatic N) is 5. The van der Waals surface area contributed by atoms with E-state index in [1.165, 1.54) is 10.8 Å². The summed E-state index contributed by atoms with van der Waals surface area (Å²) in [6.07, 6.45) is 0. The highest BCUT2D eigenvalue weighted by Gasteiger charge is 2.24. The molecule has 254 valence electrons.